The number of nitrogens with zero attached hydrogens (tertiary/aromatic N) is 3. The molecule has 1 fully saturated rings. The zero-order chi connectivity index (χ0) is 15.2. The molecular weight excluding hydrogens is 270 g/mol. The van der Waals surface area contributed by atoms with Crippen LogP contribution in [0.2, 0.25) is 0 Å². The van der Waals surface area contributed by atoms with Gasteiger partial charge in [0.05, 0.1) is 13.2 Å². The number of hydrogen-bond donors (Lipinski definition) is 0. The maximum atomic E-state index is 12.3. The highest BCUT2D eigenvalue weighted by molar-refractivity contribution is 5.94. The quantitative estimate of drug-likeness (QED) is 0.827. The van der Waals surface area contributed by atoms with Gasteiger partial charge < -0.3 is 14.5 Å². The number of nitriles is 1. The Morgan fingerprint density at radius 3 is 2.24 bits per heavy atom. The Hall–Kier alpha value is -2.55. The smallest absolute Gasteiger partial charge is 0.253 e. The van der Waals surface area contributed by atoms with Gasteiger partial charge in [0.2, 0.25) is 5.91 Å². The first-order chi connectivity index (χ1) is 10.2. The summed E-state index contributed by atoms with van der Waals surface area (Å²) in [6.07, 6.45) is -0.105. The first kappa shape index (κ1) is 14.9. The van der Waals surface area contributed by atoms with Gasteiger partial charge in [-0.15, -0.1) is 0 Å². The highest BCUT2D eigenvalue weighted by atomic mass is 16.5. The van der Waals surface area contributed by atoms with E-state index < -0.39 is 0 Å². The van der Waals surface area contributed by atoms with Crippen LogP contribution in [0.3, 0.4) is 0 Å². The summed E-state index contributed by atoms with van der Waals surface area (Å²) in [4.78, 5) is 27.3. The van der Waals surface area contributed by atoms with E-state index in [0.717, 1.165) is 0 Å². The van der Waals surface area contributed by atoms with Gasteiger partial charge in [-0.2, -0.15) is 5.26 Å². The Bertz CT molecular complexity index is 555. The summed E-state index contributed by atoms with van der Waals surface area (Å²) in [7, 11) is 1.58. The minimum atomic E-state index is -0.172. The van der Waals surface area contributed by atoms with Crippen LogP contribution in [0.1, 0.15) is 16.8 Å². The van der Waals surface area contributed by atoms with Crippen LogP contribution in [0.15, 0.2) is 24.3 Å². The zero-order valence-corrected chi connectivity index (χ0v) is 11.9. The normalized spacial score (nSPS) is 14.5. The molecular formula is C15H17N3O3. The topological polar surface area (TPSA) is 73.6 Å². The Balaban J connectivity index is 1.93. The summed E-state index contributed by atoms with van der Waals surface area (Å²) in [5.74, 6) is 0.484. The SMILES string of the molecule is COc1ccc(C(=O)N2CCN(C(=O)CC#N)CC2)cc1. The number of amides is 2. The lowest BCUT2D eigenvalue weighted by atomic mass is 10.1. The minimum absolute atomic E-state index is 0.0509. The van der Waals surface area contributed by atoms with E-state index in [1.807, 2.05) is 6.07 Å². The molecule has 110 valence electrons. The van der Waals surface area contributed by atoms with Crippen molar-refractivity contribution < 1.29 is 14.3 Å². The van der Waals surface area contributed by atoms with E-state index in [1.54, 1.807) is 41.2 Å². The van der Waals surface area contributed by atoms with Gasteiger partial charge >= 0.3 is 0 Å². The summed E-state index contributed by atoms with van der Waals surface area (Å²) in [5.41, 5.74) is 0.604. The molecule has 2 rings (SSSR count). The third-order valence-corrected chi connectivity index (χ3v) is 3.49. The summed E-state index contributed by atoms with van der Waals surface area (Å²) >= 11 is 0. The highest BCUT2D eigenvalue weighted by Gasteiger charge is 2.24. The van der Waals surface area contributed by atoms with E-state index in [4.69, 9.17) is 10.00 Å². The minimum Gasteiger partial charge on any atom is -0.497 e. The molecule has 0 saturated carbocycles. The molecule has 1 aliphatic rings. The van der Waals surface area contributed by atoms with Crippen LogP contribution >= 0.6 is 0 Å². The third-order valence-electron chi connectivity index (χ3n) is 3.49. The standard InChI is InChI=1S/C15H17N3O3/c1-21-13-4-2-12(3-5-13)15(20)18-10-8-17(9-11-18)14(19)6-7-16/h2-5H,6,8-11H2,1H3. The zero-order valence-electron chi connectivity index (χ0n) is 11.9. The van der Waals surface area contributed by atoms with Crippen molar-refractivity contribution in [2.24, 2.45) is 0 Å². The van der Waals surface area contributed by atoms with Crippen LogP contribution in [0, 0.1) is 11.3 Å². The van der Waals surface area contributed by atoms with Crippen LogP contribution in [-0.4, -0.2) is 54.9 Å². The molecule has 6 heteroatoms. The van der Waals surface area contributed by atoms with E-state index in [2.05, 4.69) is 0 Å². The maximum absolute atomic E-state index is 12.3. The number of hydrogen-bond acceptors (Lipinski definition) is 4. The molecule has 0 aromatic heterocycles. The second-order valence-electron chi connectivity index (χ2n) is 4.74. The fraction of sp³-hybridized carbons (Fsp3) is 0.400. The predicted octanol–water partition coefficient (Wildman–Crippen LogP) is 0.893. The van der Waals surface area contributed by atoms with Crippen molar-refractivity contribution >= 4 is 11.8 Å². The molecule has 1 saturated heterocycles. The van der Waals surface area contributed by atoms with Gasteiger partial charge in [-0.25, -0.2) is 0 Å². The second kappa shape index (κ2) is 6.75. The van der Waals surface area contributed by atoms with Crippen LogP contribution in [-0.2, 0) is 4.79 Å². The molecule has 0 bridgehead atoms. The molecule has 0 radical (unpaired) electrons. The first-order valence-corrected chi connectivity index (χ1v) is 6.73. The van der Waals surface area contributed by atoms with Gasteiger partial charge in [-0.3, -0.25) is 9.59 Å². The van der Waals surface area contributed by atoms with E-state index in [0.29, 0.717) is 37.5 Å². The molecule has 0 spiro atoms. The number of methoxy groups -OCH3 is 1. The van der Waals surface area contributed by atoms with Crippen molar-refractivity contribution in [3.63, 3.8) is 0 Å². The molecule has 0 aliphatic carbocycles. The molecule has 1 aromatic carbocycles. The predicted molar refractivity (Wildman–Crippen MR) is 75.7 cm³/mol. The Morgan fingerprint density at radius 1 is 1.14 bits per heavy atom. The van der Waals surface area contributed by atoms with Crippen molar-refractivity contribution in [1.82, 2.24) is 9.80 Å². The number of piperazine rings is 1. The summed E-state index contributed by atoms with van der Waals surface area (Å²) in [6, 6.07) is 8.81. The Morgan fingerprint density at radius 2 is 1.71 bits per heavy atom. The fourth-order valence-corrected chi connectivity index (χ4v) is 2.25. The molecule has 6 nitrogen and oxygen atoms in total. The summed E-state index contributed by atoms with van der Waals surface area (Å²) in [6.45, 7) is 1.93. The number of carbonyl (C=O) groups excluding carboxylic acids is 2. The van der Waals surface area contributed by atoms with Crippen molar-refractivity contribution in [3.05, 3.63) is 29.8 Å². The maximum Gasteiger partial charge on any atom is 0.253 e. The van der Waals surface area contributed by atoms with Gasteiger partial charge in [0.15, 0.2) is 0 Å². The van der Waals surface area contributed by atoms with Crippen LogP contribution in [0.25, 0.3) is 0 Å². The molecule has 0 unspecified atom stereocenters. The molecule has 2 amide bonds. The average Bonchev–Trinajstić information content (AvgIpc) is 2.54. The lowest BCUT2D eigenvalue weighted by Gasteiger charge is -2.34. The first-order valence-electron chi connectivity index (χ1n) is 6.73. The molecule has 0 N–H and O–H groups in total. The molecule has 1 heterocycles. The second-order valence-corrected chi connectivity index (χ2v) is 4.74. The molecule has 0 atom stereocenters. The highest BCUT2D eigenvalue weighted by Crippen LogP contribution is 2.14. The average molecular weight is 287 g/mol. The van der Waals surface area contributed by atoms with E-state index in [9.17, 15) is 9.59 Å². The molecule has 1 aliphatic heterocycles. The summed E-state index contributed by atoms with van der Waals surface area (Å²) < 4.78 is 5.06. The third kappa shape index (κ3) is 3.51. The van der Waals surface area contributed by atoms with Gasteiger partial charge in [0.1, 0.15) is 12.2 Å². The largest absolute Gasteiger partial charge is 0.497 e. The number of rotatable bonds is 3. The van der Waals surface area contributed by atoms with Gasteiger partial charge in [-0.1, -0.05) is 0 Å². The Kier molecular flexibility index (Phi) is 4.77. The lowest BCUT2D eigenvalue weighted by Crippen LogP contribution is -2.50. The van der Waals surface area contributed by atoms with E-state index >= 15 is 0 Å². The van der Waals surface area contributed by atoms with Gasteiger partial charge in [0, 0.05) is 31.7 Å². The Labute approximate surface area is 123 Å². The van der Waals surface area contributed by atoms with E-state index in [-0.39, 0.29) is 18.2 Å². The van der Waals surface area contributed by atoms with Crippen LogP contribution in [0.4, 0.5) is 0 Å². The van der Waals surface area contributed by atoms with E-state index in [1.165, 1.54) is 0 Å². The fourth-order valence-electron chi connectivity index (χ4n) is 2.25. The molecule has 21 heavy (non-hydrogen) atoms. The van der Waals surface area contributed by atoms with Crippen molar-refractivity contribution in [3.8, 4) is 11.8 Å². The molecule has 1 aromatic rings. The monoisotopic (exact) mass is 287 g/mol. The van der Waals surface area contributed by atoms with Crippen LogP contribution < -0.4 is 4.74 Å². The van der Waals surface area contributed by atoms with Crippen LogP contribution in [0.5, 0.6) is 5.75 Å². The number of benzene rings is 1. The summed E-state index contributed by atoms with van der Waals surface area (Å²) in [5, 5.41) is 8.53. The van der Waals surface area contributed by atoms with Crippen molar-refractivity contribution in [2.45, 2.75) is 6.42 Å². The lowest BCUT2D eigenvalue weighted by molar-refractivity contribution is -0.131. The van der Waals surface area contributed by atoms with Gasteiger partial charge in [-0.05, 0) is 24.3 Å². The number of ether oxygens (including phenoxy) is 1. The van der Waals surface area contributed by atoms with Crippen molar-refractivity contribution in [2.75, 3.05) is 33.3 Å². The van der Waals surface area contributed by atoms with Gasteiger partial charge in [0.25, 0.3) is 5.91 Å². The van der Waals surface area contributed by atoms with Crippen molar-refractivity contribution in [1.29, 1.82) is 5.26 Å². The number of carbonyl (C=O) groups is 2.